The van der Waals surface area contributed by atoms with Gasteiger partial charge in [-0.25, -0.2) is 0 Å². The normalized spacial score (nSPS) is 14.3. The zero-order chi connectivity index (χ0) is 25.1. The summed E-state index contributed by atoms with van der Waals surface area (Å²) in [5.41, 5.74) is 1.87. The Morgan fingerprint density at radius 1 is 0.765 bits per heavy atom. The van der Waals surface area contributed by atoms with Gasteiger partial charge in [-0.15, -0.1) is 0 Å². The third-order valence-electron chi connectivity index (χ3n) is 5.39. The van der Waals surface area contributed by atoms with Crippen LogP contribution in [0.25, 0.3) is 0 Å². The van der Waals surface area contributed by atoms with E-state index in [-0.39, 0.29) is 50.7 Å². The molecule has 34 heavy (non-hydrogen) atoms. The molecule has 2 aromatic carbocycles. The minimum atomic E-state index is -0.906. The Morgan fingerprint density at radius 3 is 1.65 bits per heavy atom. The molecular weight excluding hydrogens is 440 g/mol. The van der Waals surface area contributed by atoms with E-state index in [0.29, 0.717) is 11.5 Å². The minimum Gasteiger partial charge on any atom is -0.491 e. The summed E-state index contributed by atoms with van der Waals surface area (Å²) in [4.78, 5) is 10.9. The fourth-order valence-electron chi connectivity index (χ4n) is 3.32. The zero-order valence-electron chi connectivity index (χ0n) is 20.0. The highest BCUT2D eigenvalue weighted by atomic mass is 16.5. The van der Waals surface area contributed by atoms with E-state index in [4.69, 9.17) is 19.3 Å². The van der Waals surface area contributed by atoms with Gasteiger partial charge in [0.05, 0.1) is 25.9 Å². The molecule has 0 amide bonds. The van der Waals surface area contributed by atoms with Gasteiger partial charge in [0.2, 0.25) is 0 Å². The number of rotatable bonds is 15. The van der Waals surface area contributed by atoms with Gasteiger partial charge in [0, 0.05) is 11.8 Å². The van der Waals surface area contributed by atoms with Crippen molar-refractivity contribution in [2.45, 2.75) is 50.9 Å². The fourth-order valence-corrected chi connectivity index (χ4v) is 3.32. The van der Waals surface area contributed by atoms with Gasteiger partial charge in [0.15, 0.2) is 0 Å². The standard InChI is InChI=1S/C26H36O8/c1-18(28)12-21(29)14-32-15-23(31)17-34-25-10-6-20(7-11-25)26(2,3)19-4-8-24(9-5-19)33-16-22(30)13-27/h4-11,21-23,27,29-31H,12-17H2,1-3H3. The van der Waals surface area contributed by atoms with E-state index >= 15 is 0 Å². The molecule has 0 saturated carbocycles. The molecule has 8 nitrogen and oxygen atoms in total. The summed E-state index contributed by atoms with van der Waals surface area (Å²) in [5, 5.41) is 37.9. The van der Waals surface area contributed by atoms with Gasteiger partial charge in [0.25, 0.3) is 0 Å². The molecule has 0 saturated heterocycles. The van der Waals surface area contributed by atoms with Crippen molar-refractivity contribution in [2.24, 2.45) is 0 Å². The van der Waals surface area contributed by atoms with E-state index in [1.165, 1.54) is 6.92 Å². The summed E-state index contributed by atoms with van der Waals surface area (Å²) in [6, 6.07) is 15.2. The predicted molar refractivity (Wildman–Crippen MR) is 127 cm³/mol. The molecule has 0 aromatic heterocycles. The molecule has 0 fully saturated rings. The lowest BCUT2D eigenvalue weighted by Crippen LogP contribution is -2.27. The number of aliphatic hydroxyl groups is 4. The molecule has 8 heteroatoms. The van der Waals surface area contributed by atoms with Crippen molar-refractivity contribution in [3.63, 3.8) is 0 Å². The second kappa shape index (κ2) is 13.4. The number of ketones is 1. The SMILES string of the molecule is CC(=O)CC(O)COCC(O)COc1ccc(C(C)(C)c2ccc(OCC(O)CO)cc2)cc1. The van der Waals surface area contributed by atoms with Gasteiger partial charge in [-0.1, -0.05) is 38.1 Å². The van der Waals surface area contributed by atoms with Crippen LogP contribution >= 0.6 is 0 Å². The Balaban J connectivity index is 1.85. The van der Waals surface area contributed by atoms with E-state index in [9.17, 15) is 20.1 Å². The first-order chi connectivity index (χ1) is 16.1. The number of ether oxygens (including phenoxy) is 3. The highest BCUT2D eigenvalue weighted by Gasteiger charge is 2.23. The van der Waals surface area contributed by atoms with Crippen LogP contribution in [0.2, 0.25) is 0 Å². The quantitative estimate of drug-likeness (QED) is 0.307. The Kier molecular flexibility index (Phi) is 10.9. The van der Waals surface area contributed by atoms with Crippen molar-refractivity contribution >= 4 is 5.78 Å². The monoisotopic (exact) mass is 476 g/mol. The molecule has 0 spiro atoms. The second-order valence-corrected chi connectivity index (χ2v) is 8.88. The van der Waals surface area contributed by atoms with Crippen molar-refractivity contribution in [3.8, 4) is 11.5 Å². The van der Waals surface area contributed by atoms with E-state index in [1.807, 2.05) is 48.5 Å². The molecule has 0 aliphatic heterocycles. The van der Waals surface area contributed by atoms with Crippen molar-refractivity contribution in [1.29, 1.82) is 0 Å². The van der Waals surface area contributed by atoms with Crippen molar-refractivity contribution in [1.82, 2.24) is 0 Å². The number of carbonyl (C=O) groups is 1. The third kappa shape index (κ3) is 9.04. The zero-order valence-corrected chi connectivity index (χ0v) is 20.0. The Hall–Kier alpha value is -2.49. The van der Waals surface area contributed by atoms with Crippen LogP contribution in [0.4, 0.5) is 0 Å². The average Bonchev–Trinajstić information content (AvgIpc) is 2.81. The maximum atomic E-state index is 10.9. The smallest absolute Gasteiger partial charge is 0.132 e. The number of hydrogen-bond acceptors (Lipinski definition) is 8. The van der Waals surface area contributed by atoms with E-state index in [2.05, 4.69) is 13.8 Å². The van der Waals surface area contributed by atoms with Gasteiger partial charge >= 0.3 is 0 Å². The maximum absolute atomic E-state index is 10.9. The second-order valence-electron chi connectivity index (χ2n) is 8.88. The number of Topliss-reactive ketones (excluding diaryl/α,β-unsaturated/α-hetero) is 1. The van der Waals surface area contributed by atoms with Crippen LogP contribution in [-0.4, -0.2) is 77.6 Å². The molecule has 0 aliphatic carbocycles. The third-order valence-corrected chi connectivity index (χ3v) is 5.39. The Labute approximate surface area is 200 Å². The number of aliphatic hydroxyl groups excluding tert-OH is 4. The molecule has 3 atom stereocenters. The van der Waals surface area contributed by atoms with Crippen LogP contribution in [-0.2, 0) is 14.9 Å². The summed E-state index contributed by atoms with van der Waals surface area (Å²) in [6.07, 6.45) is -2.61. The van der Waals surface area contributed by atoms with E-state index in [1.54, 1.807) is 0 Å². The van der Waals surface area contributed by atoms with Crippen LogP contribution in [0.1, 0.15) is 38.3 Å². The lowest BCUT2D eigenvalue weighted by Gasteiger charge is -2.26. The van der Waals surface area contributed by atoms with Crippen molar-refractivity contribution in [2.75, 3.05) is 33.0 Å². The lowest BCUT2D eigenvalue weighted by atomic mass is 9.78. The lowest BCUT2D eigenvalue weighted by molar-refractivity contribution is -0.120. The van der Waals surface area contributed by atoms with Gasteiger partial charge in [-0.3, -0.25) is 4.79 Å². The Morgan fingerprint density at radius 2 is 1.21 bits per heavy atom. The van der Waals surface area contributed by atoms with Crippen LogP contribution in [0.3, 0.4) is 0 Å². The topological polar surface area (TPSA) is 126 Å². The molecule has 0 heterocycles. The van der Waals surface area contributed by atoms with Crippen LogP contribution in [0, 0.1) is 0 Å². The molecule has 0 aliphatic rings. The summed E-state index contributed by atoms with van der Waals surface area (Å²) >= 11 is 0. The van der Waals surface area contributed by atoms with Crippen LogP contribution in [0.15, 0.2) is 48.5 Å². The first kappa shape index (κ1) is 27.8. The summed E-state index contributed by atoms with van der Waals surface area (Å²) in [5.74, 6) is 1.11. The molecule has 2 aromatic rings. The molecular formula is C26H36O8. The molecule has 4 N–H and O–H groups in total. The van der Waals surface area contributed by atoms with Gasteiger partial charge in [-0.2, -0.15) is 0 Å². The predicted octanol–water partition coefficient (Wildman–Crippen LogP) is 1.84. The van der Waals surface area contributed by atoms with Gasteiger partial charge in [-0.05, 0) is 42.3 Å². The number of hydrogen-bond donors (Lipinski definition) is 4. The largest absolute Gasteiger partial charge is 0.491 e. The highest BCUT2D eigenvalue weighted by molar-refractivity contribution is 5.75. The molecule has 0 bridgehead atoms. The number of carbonyl (C=O) groups excluding carboxylic acids is 1. The van der Waals surface area contributed by atoms with Crippen LogP contribution < -0.4 is 9.47 Å². The molecule has 0 radical (unpaired) electrons. The first-order valence-electron chi connectivity index (χ1n) is 11.3. The number of benzene rings is 2. The van der Waals surface area contributed by atoms with Gasteiger partial charge < -0.3 is 34.6 Å². The van der Waals surface area contributed by atoms with Gasteiger partial charge in [0.1, 0.15) is 42.7 Å². The van der Waals surface area contributed by atoms with E-state index < -0.39 is 18.3 Å². The highest BCUT2D eigenvalue weighted by Crippen LogP contribution is 2.33. The summed E-state index contributed by atoms with van der Waals surface area (Å²) < 4.78 is 16.3. The molecule has 3 unspecified atom stereocenters. The van der Waals surface area contributed by atoms with Crippen molar-refractivity contribution in [3.05, 3.63) is 59.7 Å². The molecule has 188 valence electrons. The minimum absolute atomic E-state index is 0.00124. The van der Waals surface area contributed by atoms with Crippen molar-refractivity contribution < 1.29 is 39.4 Å². The molecule has 2 rings (SSSR count). The fraction of sp³-hybridized carbons (Fsp3) is 0.500. The first-order valence-corrected chi connectivity index (χ1v) is 11.3. The van der Waals surface area contributed by atoms with E-state index in [0.717, 1.165) is 11.1 Å². The summed E-state index contributed by atoms with van der Waals surface area (Å²) in [6.45, 7) is 5.33. The maximum Gasteiger partial charge on any atom is 0.132 e. The summed E-state index contributed by atoms with van der Waals surface area (Å²) in [7, 11) is 0. The average molecular weight is 477 g/mol. The Bertz CT molecular complexity index is 863. The van der Waals surface area contributed by atoms with Crippen LogP contribution in [0.5, 0.6) is 11.5 Å².